The van der Waals surface area contributed by atoms with E-state index in [0.717, 1.165) is 18.1 Å². The molecule has 1 saturated carbocycles. The Morgan fingerprint density at radius 1 is 1.31 bits per heavy atom. The molecular weight excluding hydrogens is 196 g/mol. The van der Waals surface area contributed by atoms with Crippen LogP contribution in [0.25, 0.3) is 0 Å². The predicted octanol–water partition coefficient (Wildman–Crippen LogP) is 3.03. The molecule has 2 heteroatoms. The average molecular weight is 226 g/mol. The molecule has 0 aromatic heterocycles. The summed E-state index contributed by atoms with van der Waals surface area (Å²) in [6.07, 6.45) is 8.03. The SMILES string of the molecule is CCCNC1CCCC(N(C)C(C)CC)C1. The Balaban J connectivity index is 2.37. The largest absolute Gasteiger partial charge is 0.314 e. The summed E-state index contributed by atoms with van der Waals surface area (Å²) in [5, 5.41) is 3.69. The van der Waals surface area contributed by atoms with Gasteiger partial charge in [-0.2, -0.15) is 0 Å². The van der Waals surface area contributed by atoms with Crippen LogP contribution in [0.2, 0.25) is 0 Å². The van der Waals surface area contributed by atoms with Crippen molar-refractivity contribution in [2.45, 2.75) is 77.4 Å². The first kappa shape index (κ1) is 14.0. The summed E-state index contributed by atoms with van der Waals surface area (Å²) in [5.74, 6) is 0. The van der Waals surface area contributed by atoms with Crippen LogP contribution in [0.3, 0.4) is 0 Å². The van der Waals surface area contributed by atoms with Crippen LogP contribution < -0.4 is 5.32 Å². The van der Waals surface area contributed by atoms with E-state index in [9.17, 15) is 0 Å². The molecule has 1 aliphatic carbocycles. The van der Waals surface area contributed by atoms with Crippen molar-refractivity contribution >= 4 is 0 Å². The van der Waals surface area contributed by atoms with E-state index in [0.29, 0.717) is 0 Å². The number of nitrogens with zero attached hydrogens (tertiary/aromatic N) is 1. The van der Waals surface area contributed by atoms with E-state index >= 15 is 0 Å². The van der Waals surface area contributed by atoms with E-state index in [1.165, 1.54) is 45.1 Å². The highest BCUT2D eigenvalue weighted by atomic mass is 15.2. The summed E-state index contributed by atoms with van der Waals surface area (Å²) in [4.78, 5) is 2.60. The molecule has 0 aliphatic heterocycles. The van der Waals surface area contributed by atoms with Gasteiger partial charge in [0.25, 0.3) is 0 Å². The first-order valence-electron chi connectivity index (χ1n) is 7.14. The lowest BCUT2D eigenvalue weighted by atomic mass is 9.89. The fourth-order valence-electron chi connectivity index (χ4n) is 2.72. The third-order valence-electron chi connectivity index (χ3n) is 4.19. The van der Waals surface area contributed by atoms with E-state index < -0.39 is 0 Å². The molecule has 0 aromatic rings. The van der Waals surface area contributed by atoms with E-state index in [-0.39, 0.29) is 0 Å². The van der Waals surface area contributed by atoms with Gasteiger partial charge in [0.15, 0.2) is 0 Å². The molecule has 1 rings (SSSR count). The normalized spacial score (nSPS) is 28.3. The lowest BCUT2D eigenvalue weighted by Crippen LogP contribution is -2.45. The van der Waals surface area contributed by atoms with Gasteiger partial charge in [0.2, 0.25) is 0 Å². The molecule has 3 atom stereocenters. The summed E-state index contributed by atoms with van der Waals surface area (Å²) in [6.45, 7) is 8.07. The maximum Gasteiger partial charge on any atom is 0.0110 e. The molecule has 16 heavy (non-hydrogen) atoms. The molecule has 0 bridgehead atoms. The summed E-state index contributed by atoms with van der Waals surface area (Å²) < 4.78 is 0. The molecule has 3 unspecified atom stereocenters. The summed E-state index contributed by atoms with van der Waals surface area (Å²) in [5.41, 5.74) is 0. The fourth-order valence-corrected chi connectivity index (χ4v) is 2.72. The Hall–Kier alpha value is -0.0800. The standard InChI is InChI=1S/C14H30N2/c1-5-10-15-13-8-7-9-14(11-13)16(4)12(3)6-2/h12-15H,5-11H2,1-4H3. The van der Waals surface area contributed by atoms with Crippen molar-refractivity contribution in [2.75, 3.05) is 13.6 Å². The quantitative estimate of drug-likeness (QED) is 0.749. The first-order chi connectivity index (χ1) is 7.69. The van der Waals surface area contributed by atoms with Crippen LogP contribution >= 0.6 is 0 Å². The van der Waals surface area contributed by atoms with Crippen LogP contribution in [0.15, 0.2) is 0 Å². The van der Waals surface area contributed by atoms with Gasteiger partial charge in [-0.1, -0.05) is 20.3 Å². The Morgan fingerprint density at radius 3 is 2.69 bits per heavy atom. The second kappa shape index (κ2) is 7.29. The van der Waals surface area contributed by atoms with Crippen molar-refractivity contribution in [1.82, 2.24) is 10.2 Å². The average Bonchev–Trinajstić information content (AvgIpc) is 2.34. The van der Waals surface area contributed by atoms with E-state index in [1.807, 2.05) is 0 Å². The molecule has 96 valence electrons. The third kappa shape index (κ3) is 4.06. The summed E-state index contributed by atoms with van der Waals surface area (Å²) >= 11 is 0. The fraction of sp³-hybridized carbons (Fsp3) is 1.00. The highest BCUT2D eigenvalue weighted by Gasteiger charge is 2.26. The molecule has 1 aliphatic rings. The van der Waals surface area contributed by atoms with Crippen LogP contribution in [0.1, 0.15) is 59.3 Å². The van der Waals surface area contributed by atoms with Gasteiger partial charge < -0.3 is 10.2 Å². The van der Waals surface area contributed by atoms with Gasteiger partial charge in [-0.05, 0) is 52.6 Å². The Labute approximate surface area is 102 Å². The van der Waals surface area contributed by atoms with E-state index in [2.05, 4.69) is 38.0 Å². The zero-order valence-corrected chi connectivity index (χ0v) is 11.6. The second-order valence-corrected chi connectivity index (χ2v) is 5.39. The molecule has 0 radical (unpaired) electrons. The predicted molar refractivity (Wildman–Crippen MR) is 71.9 cm³/mol. The van der Waals surface area contributed by atoms with Crippen LogP contribution in [0, 0.1) is 0 Å². The van der Waals surface area contributed by atoms with Crippen LogP contribution in [0.5, 0.6) is 0 Å². The summed E-state index contributed by atoms with van der Waals surface area (Å²) in [6, 6.07) is 2.30. The topological polar surface area (TPSA) is 15.3 Å². The minimum atomic E-state index is 0.731. The van der Waals surface area contributed by atoms with Gasteiger partial charge in [-0.15, -0.1) is 0 Å². The first-order valence-corrected chi connectivity index (χ1v) is 7.14. The highest BCUT2D eigenvalue weighted by molar-refractivity contribution is 4.84. The molecule has 1 N–H and O–H groups in total. The number of hydrogen-bond acceptors (Lipinski definition) is 2. The van der Waals surface area contributed by atoms with Crippen LogP contribution in [-0.4, -0.2) is 36.6 Å². The monoisotopic (exact) mass is 226 g/mol. The van der Waals surface area contributed by atoms with E-state index in [4.69, 9.17) is 0 Å². The van der Waals surface area contributed by atoms with Gasteiger partial charge in [0.1, 0.15) is 0 Å². The Bertz CT molecular complexity index is 182. The summed E-state index contributed by atoms with van der Waals surface area (Å²) in [7, 11) is 2.31. The molecule has 0 saturated heterocycles. The Kier molecular flexibility index (Phi) is 6.37. The van der Waals surface area contributed by atoms with Gasteiger partial charge in [0.05, 0.1) is 0 Å². The lowest BCUT2D eigenvalue weighted by Gasteiger charge is -2.38. The highest BCUT2D eigenvalue weighted by Crippen LogP contribution is 2.24. The molecular formula is C14H30N2. The molecule has 0 heterocycles. The molecule has 2 nitrogen and oxygen atoms in total. The van der Waals surface area contributed by atoms with Gasteiger partial charge in [-0.25, -0.2) is 0 Å². The van der Waals surface area contributed by atoms with Gasteiger partial charge >= 0.3 is 0 Å². The van der Waals surface area contributed by atoms with Crippen molar-refractivity contribution in [3.63, 3.8) is 0 Å². The Morgan fingerprint density at radius 2 is 2.06 bits per heavy atom. The molecule has 0 amide bonds. The van der Waals surface area contributed by atoms with E-state index in [1.54, 1.807) is 0 Å². The minimum absolute atomic E-state index is 0.731. The minimum Gasteiger partial charge on any atom is -0.314 e. The number of nitrogens with one attached hydrogen (secondary N) is 1. The van der Waals surface area contributed by atoms with Crippen molar-refractivity contribution in [1.29, 1.82) is 0 Å². The third-order valence-corrected chi connectivity index (χ3v) is 4.19. The van der Waals surface area contributed by atoms with Gasteiger partial charge in [0, 0.05) is 18.1 Å². The molecule has 0 aromatic carbocycles. The zero-order valence-electron chi connectivity index (χ0n) is 11.6. The smallest absolute Gasteiger partial charge is 0.0110 e. The zero-order chi connectivity index (χ0) is 12.0. The van der Waals surface area contributed by atoms with Crippen molar-refractivity contribution in [3.05, 3.63) is 0 Å². The van der Waals surface area contributed by atoms with Gasteiger partial charge in [-0.3, -0.25) is 0 Å². The molecule has 0 spiro atoms. The maximum absolute atomic E-state index is 3.69. The van der Waals surface area contributed by atoms with Crippen molar-refractivity contribution < 1.29 is 0 Å². The van der Waals surface area contributed by atoms with Crippen molar-refractivity contribution in [3.8, 4) is 0 Å². The number of rotatable bonds is 6. The number of hydrogen-bond donors (Lipinski definition) is 1. The lowest BCUT2D eigenvalue weighted by molar-refractivity contribution is 0.128. The molecule has 1 fully saturated rings. The van der Waals surface area contributed by atoms with Crippen LogP contribution in [-0.2, 0) is 0 Å². The maximum atomic E-state index is 3.69. The second-order valence-electron chi connectivity index (χ2n) is 5.39. The van der Waals surface area contributed by atoms with Crippen molar-refractivity contribution in [2.24, 2.45) is 0 Å². The van der Waals surface area contributed by atoms with Crippen LogP contribution in [0.4, 0.5) is 0 Å².